The molecule has 5 rings (SSSR count). The van der Waals surface area contributed by atoms with E-state index in [1.54, 1.807) is 19.2 Å². The Morgan fingerprint density at radius 3 is 2.65 bits per heavy atom. The monoisotopic (exact) mass is 417 g/mol. The lowest BCUT2D eigenvalue weighted by Gasteiger charge is -2.18. The van der Waals surface area contributed by atoms with Crippen LogP contribution in [0.4, 0.5) is 0 Å². The lowest BCUT2D eigenvalue weighted by molar-refractivity contribution is 0.112. The first-order valence-electron chi connectivity index (χ1n) is 10.6. The molecule has 1 fully saturated rings. The highest BCUT2D eigenvalue weighted by atomic mass is 16.5. The summed E-state index contributed by atoms with van der Waals surface area (Å²) in [4.78, 5) is 21.2. The molecule has 4 aromatic heterocycles. The molecule has 0 unspecified atom stereocenters. The average Bonchev–Trinajstić information content (AvgIpc) is 3.41. The van der Waals surface area contributed by atoms with Gasteiger partial charge in [-0.1, -0.05) is 0 Å². The number of pyridine rings is 2. The van der Waals surface area contributed by atoms with E-state index >= 15 is 0 Å². The van der Waals surface area contributed by atoms with Crippen molar-refractivity contribution in [1.29, 1.82) is 0 Å². The SMILES string of the molecule is COc1cc(C=O)cc2nc(-c3cc4ccc(C(C)(C)N)nc4n3CC3CC3)c(C)n12. The van der Waals surface area contributed by atoms with Gasteiger partial charge in [-0.05, 0) is 63.8 Å². The second-order valence-electron chi connectivity index (χ2n) is 9.10. The van der Waals surface area contributed by atoms with E-state index in [9.17, 15) is 4.79 Å². The van der Waals surface area contributed by atoms with Gasteiger partial charge < -0.3 is 15.0 Å². The van der Waals surface area contributed by atoms with Gasteiger partial charge in [0.1, 0.15) is 23.3 Å². The second-order valence-corrected chi connectivity index (χ2v) is 9.10. The van der Waals surface area contributed by atoms with Crippen LogP contribution >= 0.6 is 0 Å². The fourth-order valence-electron chi connectivity index (χ4n) is 4.18. The van der Waals surface area contributed by atoms with Gasteiger partial charge in [-0.3, -0.25) is 9.20 Å². The number of carbonyl (C=O) groups is 1. The topological polar surface area (TPSA) is 87.4 Å². The van der Waals surface area contributed by atoms with Crippen LogP contribution in [-0.2, 0) is 12.1 Å². The minimum Gasteiger partial charge on any atom is -0.482 e. The summed E-state index contributed by atoms with van der Waals surface area (Å²) in [5, 5.41) is 1.07. The molecule has 0 atom stereocenters. The third-order valence-corrected chi connectivity index (χ3v) is 6.07. The molecule has 4 aromatic rings. The molecule has 0 radical (unpaired) electrons. The van der Waals surface area contributed by atoms with Gasteiger partial charge in [0.05, 0.1) is 29.7 Å². The molecule has 0 saturated heterocycles. The summed E-state index contributed by atoms with van der Waals surface area (Å²) in [6, 6.07) is 9.77. The van der Waals surface area contributed by atoms with E-state index < -0.39 is 5.54 Å². The highest BCUT2D eigenvalue weighted by molar-refractivity contribution is 5.85. The first kappa shape index (κ1) is 19.8. The minimum absolute atomic E-state index is 0.513. The fourth-order valence-corrected chi connectivity index (χ4v) is 4.18. The second kappa shape index (κ2) is 6.92. The number of fused-ring (bicyclic) bond motifs is 2. The van der Waals surface area contributed by atoms with Crippen LogP contribution in [0.15, 0.2) is 30.3 Å². The van der Waals surface area contributed by atoms with Crippen molar-refractivity contribution in [3.05, 3.63) is 47.3 Å². The van der Waals surface area contributed by atoms with Crippen molar-refractivity contribution in [1.82, 2.24) is 18.9 Å². The van der Waals surface area contributed by atoms with Gasteiger partial charge in [0, 0.05) is 23.6 Å². The molecule has 160 valence electrons. The summed E-state index contributed by atoms with van der Waals surface area (Å²) in [6.07, 6.45) is 3.29. The summed E-state index contributed by atoms with van der Waals surface area (Å²) < 4.78 is 9.78. The van der Waals surface area contributed by atoms with E-state index in [1.165, 1.54) is 12.8 Å². The predicted molar refractivity (Wildman–Crippen MR) is 121 cm³/mol. The Kier molecular flexibility index (Phi) is 4.41. The van der Waals surface area contributed by atoms with Crippen LogP contribution in [0.25, 0.3) is 28.1 Å². The first-order valence-corrected chi connectivity index (χ1v) is 10.6. The van der Waals surface area contributed by atoms with Gasteiger partial charge in [-0.15, -0.1) is 0 Å². The number of ether oxygens (including phenoxy) is 1. The third-order valence-electron chi connectivity index (χ3n) is 6.07. The molecule has 7 nitrogen and oxygen atoms in total. The number of hydrogen-bond acceptors (Lipinski definition) is 5. The van der Waals surface area contributed by atoms with Crippen LogP contribution in [-0.4, -0.2) is 32.3 Å². The van der Waals surface area contributed by atoms with Crippen molar-refractivity contribution in [2.45, 2.75) is 45.7 Å². The van der Waals surface area contributed by atoms with Crippen molar-refractivity contribution < 1.29 is 9.53 Å². The normalized spacial score (nSPS) is 14.5. The molecule has 0 aliphatic heterocycles. The maximum atomic E-state index is 11.4. The number of carbonyl (C=O) groups excluding carboxylic acids is 1. The highest BCUT2D eigenvalue weighted by Crippen LogP contribution is 2.37. The molecule has 0 amide bonds. The van der Waals surface area contributed by atoms with E-state index in [-0.39, 0.29) is 0 Å². The van der Waals surface area contributed by atoms with Crippen molar-refractivity contribution in [3.63, 3.8) is 0 Å². The molecule has 0 bridgehead atoms. The van der Waals surface area contributed by atoms with Crippen molar-refractivity contribution in [3.8, 4) is 17.3 Å². The number of nitrogens with two attached hydrogens (primary N) is 1. The zero-order valence-electron chi connectivity index (χ0n) is 18.3. The fraction of sp³-hybridized carbons (Fsp3) is 0.375. The Labute approximate surface area is 180 Å². The average molecular weight is 418 g/mol. The summed E-state index contributed by atoms with van der Waals surface area (Å²) in [6.45, 7) is 6.88. The summed E-state index contributed by atoms with van der Waals surface area (Å²) >= 11 is 0. The quantitative estimate of drug-likeness (QED) is 0.478. The Morgan fingerprint density at radius 1 is 1.23 bits per heavy atom. The van der Waals surface area contributed by atoms with E-state index in [1.807, 2.05) is 31.2 Å². The molecule has 4 heterocycles. The third kappa shape index (κ3) is 3.29. The van der Waals surface area contributed by atoms with Crippen LogP contribution in [0.2, 0.25) is 0 Å². The van der Waals surface area contributed by atoms with E-state index in [2.05, 4.69) is 16.7 Å². The van der Waals surface area contributed by atoms with Gasteiger partial charge in [-0.2, -0.15) is 0 Å². The molecule has 0 spiro atoms. The van der Waals surface area contributed by atoms with Crippen LogP contribution < -0.4 is 10.5 Å². The number of nitrogens with zero attached hydrogens (tertiary/aromatic N) is 4. The Morgan fingerprint density at radius 2 is 2.00 bits per heavy atom. The summed E-state index contributed by atoms with van der Waals surface area (Å²) in [5.41, 5.74) is 11.7. The van der Waals surface area contributed by atoms with Gasteiger partial charge in [0.2, 0.25) is 0 Å². The molecular formula is C24H27N5O2. The summed E-state index contributed by atoms with van der Waals surface area (Å²) in [7, 11) is 1.60. The number of hydrogen-bond donors (Lipinski definition) is 1. The predicted octanol–water partition coefficient (Wildman–Crippen LogP) is 4.08. The summed E-state index contributed by atoms with van der Waals surface area (Å²) in [5.74, 6) is 1.25. The number of methoxy groups -OCH3 is 1. The molecular weight excluding hydrogens is 390 g/mol. The number of aldehydes is 1. The molecule has 0 aromatic carbocycles. The Balaban J connectivity index is 1.77. The highest BCUT2D eigenvalue weighted by Gasteiger charge is 2.27. The van der Waals surface area contributed by atoms with Crippen LogP contribution in [0.1, 0.15) is 48.4 Å². The molecule has 1 aliphatic rings. The van der Waals surface area contributed by atoms with Gasteiger partial charge >= 0.3 is 0 Å². The Hall–Kier alpha value is -3.19. The van der Waals surface area contributed by atoms with Gasteiger partial charge in [0.15, 0.2) is 5.88 Å². The molecule has 1 saturated carbocycles. The number of rotatable bonds is 6. The maximum Gasteiger partial charge on any atom is 0.199 e. The molecule has 1 aliphatic carbocycles. The first-order chi connectivity index (χ1) is 14.8. The lowest BCUT2D eigenvalue weighted by Crippen LogP contribution is -2.29. The molecule has 7 heteroatoms. The standard InChI is InChI=1S/C24H27N5O2/c1-14-22(27-20-9-16(13-30)10-21(31-4)29(14)20)18-11-17-7-8-19(24(2,3)25)26-23(17)28(18)12-15-5-6-15/h7-11,13,15H,5-6,12,25H2,1-4H3. The van der Waals surface area contributed by atoms with Crippen molar-refractivity contribution >= 4 is 23.0 Å². The molecule has 2 N–H and O–H groups in total. The van der Waals surface area contributed by atoms with Gasteiger partial charge in [-0.25, -0.2) is 9.97 Å². The van der Waals surface area contributed by atoms with E-state index in [4.69, 9.17) is 20.4 Å². The van der Waals surface area contributed by atoms with Crippen LogP contribution in [0.3, 0.4) is 0 Å². The zero-order chi connectivity index (χ0) is 21.9. The zero-order valence-corrected chi connectivity index (χ0v) is 18.3. The Bertz CT molecular complexity index is 1320. The van der Waals surface area contributed by atoms with Crippen LogP contribution in [0.5, 0.6) is 5.88 Å². The van der Waals surface area contributed by atoms with Crippen molar-refractivity contribution in [2.75, 3.05) is 7.11 Å². The number of aryl methyl sites for hydroxylation is 1. The van der Waals surface area contributed by atoms with Gasteiger partial charge in [0.25, 0.3) is 0 Å². The van der Waals surface area contributed by atoms with Crippen molar-refractivity contribution in [2.24, 2.45) is 11.7 Å². The number of aromatic nitrogens is 4. The maximum absolute atomic E-state index is 11.4. The smallest absolute Gasteiger partial charge is 0.199 e. The lowest BCUT2D eigenvalue weighted by atomic mass is 10.0. The number of imidazole rings is 1. The van der Waals surface area contributed by atoms with Crippen LogP contribution in [0, 0.1) is 12.8 Å². The van der Waals surface area contributed by atoms with E-state index in [0.717, 1.165) is 46.6 Å². The minimum atomic E-state index is -0.513. The van der Waals surface area contributed by atoms with E-state index in [0.29, 0.717) is 23.0 Å². The molecule has 31 heavy (non-hydrogen) atoms. The largest absolute Gasteiger partial charge is 0.482 e.